The fourth-order valence-corrected chi connectivity index (χ4v) is 2.17. The zero-order chi connectivity index (χ0) is 12.2. The normalized spacial score (nSPS) is 15.0. The summed E-state index contributed by atoms with van der Waals surface area (Å²) in [6.45, 7) is 6.55. The van der Waals surface area contributed by atoms with Gasteiger partial charge in [0.15, 0.2) is 0 Å². The minimum atomic E-state index is -0.104. The summed E-state index contributed by atoms with van der Waals surface area (Å²) in [5.41, 5.74) is 0. The molecule has 98 valence electrons. The summed E-state index contributed by atoms with van der Waals surface area (Å²) in [4.78, 5) is 0. The Kier molecular flexibility index (Phi) is 11.4. The summed E-state index contributed by atoms with van der Waals surface area (Å²) in [5, 5.41) is 9.12. The van der Waals surface area contributed by atoms with Crippen LogP contribution in [-0.2, 0) is 0 Å². The molecule has 0 aliphatic carbocycles. The molecule has 0 aromatic carbocycles. The van der Waals surface area contributed by atoms with Gasteiger partial charge in [-0.05, 0) is 19.3 Å². The molecule has 0 aliphatic rings. The number of aliphatic hydroxyl groups excluding tert-OH is 1. The summed E-state index contributed by atoms with van der Waals surface area (Å²) < 4.78 is 0. The lowest BCUT2D eigenvalue weighted by Gasteiger charge is -2.10. The SMILES string of the molecule is CCCCCC(C)CCCCCCC(C)O. The van der Waals surface area contributed by atoms with Gasteiger partial charge in [-0.25, -0.2) is 0 Å². The highest BCUT2D eigenvalue weighted by Crippen LogP contribution is 2.17. The van der Waals surface area contributed by atoms with E-state index in [-0.39, 0.29) is 6.10 Å². The van der Waals surface area contributed by atoms with Gasteiger partial charge in [0.05, 0.1) is 6.10 Å². The number of hydrogen-bond donors (Lipinski definition) is 1. The molecule has 0 bridgehead atoms. The van der Waals surface area contributed by atoms with Crippen molar-refractivity contribution in [1.82, 2.24) is 0 Å². The molecular formula is C15H32O. The Hall–Kier alpha value is -0.0400. The van der Waals surface area contributed by atoms with Crippen LogP contribution in [0.3, 0.4) is 0 Å². The summed E-state index contributed by atoms with van der Waals surface area (Å²) in [7, 11) is 0. The largest absolute Gasteiger partial charge is 0.393 e. The zero-order valence-corrected chi connectivity index (χ0v) is 11.7. The Morgan fingerprint density at radius 2 is 1.25 bits per heavy atom. The molecule has 0 aromatic rings. The predicted molar refractivity (Wildman–Crippen MR) is 72.7 cm³/mol. The average Bonchev–Trinajstić information content (AvgIpc) is 2.23. The molecule has 0 aromatic heterocycles. The molecule has 0 saturated heterocycles. The van der Waals surface area contributed by atoms with Gasteiger partial charge < -0.3 is 5.11 Å². The summed E-state index contributed by atoms with van der Waals surface area (Å²) in [6.07, 6.45) is 13.1. The van der Waals surface area contributed by atoms with Crippen LogP contribution in [0.15, 0.2) is 0 Å². The number of hydrogen-bond acceptors (Lipinski definition) is 1. The van der Waals surface area contributed by atoms with Crippen LogP contribution in [0.2, 0.25) is 0 Å². The molecule has 0 heterocycles. The van der Waals surface area contributed by atoms with Crippen molar-refractivity contribution in [3.63, 3.8) is 0 Å². The maximum absolute atomic E-state index is 9.12. The van der Waals surface area contributed by atoms with Crippen LogP contribution in [0, 0.1) is 5.92 Å². The van der Waals surface area contributed by atoms with Gasteiger partial charge >= 0.3 is 0 Å². The first-order valence-corrected chi connectivity index (χ1v) is 7.34. The molecule has 2 atom stereocenters. The van der Waals surface area contributed by atoms with Gasteiger partial charge in [0.25, 0.3) is 0 Å². The third-order valence-electron chi connectivity index (χ3n) is 3.37. The third-order valence-corrected chi connectivity index (χ3v) is 3.37. The van der Waals surface area contributed by atoms with Crippen molar-refractivity contribution in [3.05, 3.63) is 0 Å². The average molecular weight is 228 g/mol. The maximum atomic E-state index is 9.12. The lowest BCUT2D eigenvalue weighted by molar-refractivity contribution is 0.180. The van der Waals surface area contributed by atoms with Gasteiger partial charge in [0, 0.05) is 0 Å². The highest BCUT2D eigenvalue weighted by Gasteiger charge is 2.01. The van der Waals surface area contributed by atoms with Gasteiger partial charge in [-0.2, -0.15) is 0 Å². The number of unbranched alkanes of at least 4 members (excludes halogenated alkanes) is 5. The molecule has 0 rings (SSSR count). The van der Waals surface area contributed by atoms with Crippen LogP contribution in [0.1, 0.15) is 85.0 Å². The summed E-state index contributed by atoms with van der Waals surface area (Å²) in [5.74, 6) is 0.920. The van der Waals surface area contributed by atoms with E-state index in [1.807, 2.05) is 6.92 Å². The molecule has 1 heteroatoms. The van der Waals surface area contributed by atoms with Crippen molar-refractivity contribution in [2.75, 3.05) is 0 Å². The molecule has 0 amide bonds. The molecule has 1 N–H and O–H groups in total. The number of rotatable bonds is 11. The molecule has 16 heavy (non-hydrogen) atoms. The van der Waals surface area contributed by atoms with E-state index in [0.29, 0.717) is 0 Å². The number of aliphatic hydroxyl groups is 1. The van der Waals surface area contributed by atoms with E-state index in [1.165, 1.54) is 57.8 Å². The lowest BCUT2D eigenvalue weighted by atomic mass is 9.96. The highest BCUT2D eigenvalue weighted by atomic mass is 16.3. The second-order valence-electron chi connectivity index (χ2n) is 5.44. The van der Waals surface area contributed by atoms with E-state index in [2.05, 4.69) is 13.8 Å². The molecule has 0 fully saturated rings. The van der Waals surface area contributed by atoms with Crippen LogP contribution in [0.5, 0.6) is 0 Å². The van der Waals surface area contributed by atoms with E-state index >= 15 is 0 Å². The molecular weight excluding hydrogens is 196 g/mol. The van der Waals surface area contributed by atoms with Crippen LogP contribution in [-0.4, -0.2) is 11.2 Å². The minimum absolute atomic E-state index is 0.104. The first-order valence-electron chi connectivity index (χ1n) is 7.34. The molecule has 0 spiro atoms. The third kappa shape index (κ3) is 12.0. The van der Waals surface area contributed by atoms with E-state index in [1.54, 1.807) is 0 Å². The van der Waals surface area contributed by atoms with Crippen LogP contribution >= 0.6 is 0 Å². The van der Waals surface area contributed by atoms with Crippen molar-refractivity contribution >= 4 is 0 Å². The molecule has 0 aliphatic heterocycles. The zero-order valence-electron chi connectivity index (χ0n) is 11.7. The van der Waals surface area contributed by atoms with Crippen molar-refractivity contribution in [3.8, 4) is 0 Å². The van der Waals surface area contributed by atoms with Gasteiger partial charge in [-0.15, -0.1) is 0 Å². The fraction of sp³-hybridized carbons (Fsp3) is 1.00. The Balaban J connectivity index is 3.12. The van der Waals surface area contributed by atoms with E-state index in [9.17, 15) is 0 Å². The lowest BCUT2D eigenvalue weighted by Crippen LogP contribution is -1.98. The Bertz CT molecular complexity index is 131. The van der Waals surface area contributed by atoms with Gasteiger partial charge in [0.2, 0.25) is 0 Å². The van der Waals surface area contributed by atoms with Crippen molar-refractivity contribution in [2.24, 2.45) is 5.92 Å². The summed E-state index contributed by atoms with van der Waals surface area (Å²) in [6, 6.07) is 0. The quantitative estimate of drug-likeness (QED) is 0.497. The van der Waals surface area contributed by atoms with Crippen LogP contribution < -0.4 is 0 Å². The second kappa shape index (κ2) is 11.4. The molecule has 2 unspecified atom stereocenters. The first kappa shape index (κ1) is 16.0. The first-order chi connectivity index (χ1) is 7.66. The predicted octanol–water partition coefficient (Wildman–Crippen LogP) is 4.92. The van der Waals surface area contributed by atoms with Crippen molar-refractivity contribution in [2.45, 2.75) is 91.1 Å². The van der Waals surface area contributed by atoms with Crippen LogP contribution in [0.4, 0.5) is 0 Å². The molecule has 0 radical (unpaired) electrons. The molecule has 1 nitrogen and oxygen atoms in total. The van der Waals surface area contributed by atoms with Gasteiger partial charge in [-0.1, -0.05) is 71.6 Å². The van der Waals surface area contributed by atoms with Crippen molar-refractivity contribution < 1.29 is 5.11 Å². The smallest absolute Gasteiger partial charge is 0.0512 e. The Morgan fingerprint density at radius 1 is 0.750 bits per heavy atom. The summed E-state index contributed by atoms with van der Waals surface area (Å²) >= 11 is 0. The minimum Gasteiger partial charge on any atom is -0.393 e. The second-order valence-corrected chi connectivity index (χ2v) is 5.44. The monoisotopic (exact) mass is 228 g/mol. The molecule has 0 saturated carbocycles. The standard InChI is InChI=1S/C15H32O/c1-4-5-8-11-14(2)12-9-6-7-10-13-15(3)16/h14-16H,4-13H2,1-3H3. The maximum Gasteiger partial charge on any atom is 0.0512 e. The topological polar surface area (TPSA) is 20.2 Å². The highest BCUT2D eigenvalue weighted by molar-refractivity contribution is 4.55. The Labute approximate surface area is 103 Å². The fourth-order valence-electron chi connectivity index (χ4n) is 2.17. The van der Waals surface area contributed by atoms with Crippen molar-refractivity contribution in [1.29, 1.82) is 0 Å². The van der Waals surface area contributed by atoms with E-state index < -0.39 is 0 Å². The van der Waals surface area contributed by atoms with Crippen LogP contribution in [0.25, 0.3) is 0 Å². The van der Waals surface area contributed by atoms with E-state index in [4.69, 9.17) is 5.11 Å². The van der Waals surface area contributed by atoms with Gasteiger partial charge in [0.1, 0.15) is 0 Å². The Morgan fingerprint density at radius 3 is 1.75 bits per heavy atom. The van der Waals surface area contributed by atoms with E-state index in [0.717, 1.165) is 12.3 Å². The van der Waals surface area contributed by atoms with Gasteiger partial charge in [-0.3, -0.25) is 0 Å².